The molecule has 142 valence electrons. The number of carbonyl (C=O) groups is 1. The van der Waals surface area contributed by atoms with Crippen LogP contribution in [0.4, 0.5) is 17.1 Å². The number of hydrogen-bond acceptors (Lipinski definition) is 4. The second-order valence-electron chi connectivity index (χ2n) is 5.81. The van der Waals surface area contributed by atoms with E-state index in [4.69, 9.17) is 28.6 Å². The Balaban J connectivity index is 1.44. The van der Waals surface area contributed by atoms with Crippen LogP contribution < -0.4 is 20.7 Å². The smallest absolute Gasteiger partial charge is 0.264 e. The van der Waals surface area contributed by atoms with Gasteiger partial charge in [-0.2, -0.15) is 0 Å². The number of thiocarbonyl (C=S) groups is 1. The van der Waals surface area contributed by atoms with E-state index in [0.717, 1.165) is 17.1 Å². The van der Waals surface area contributed by atoms with Crippen LogP contribution in [0.2, 0.25) is 5.02 Å². The molecule has 0 heterocycles. The number of carbonyl (C=O) groups excluding carboxylic acids is 1. The summed E-state index contributed by atoms with van der Waals surface area (Å²) in [5.74, 6) is 0.203. The van der Waals surface area contributed by atoms with E-state index in [1.165, 1.54) is 0 Å². The first kappa shape index (κ1) is 19.7. The van der Waals surface area contributed by atoms with Gasteiger partial charge in [-0.05, 0) is 72.9 Å². The Morgan fingerprint density at radius 1 is 0.857 bits per heavy atom. The molecule has 0 radical (unpaired) electrons. The fraction of sp³-hybridized carbons (Fsp3) is 0.0476. The van der Waals surface area contributed by atoms with Gasteiger partial charge in [0.05, 0.1) is 0 Å². The molecule has 0 aliphatic carbocycles. The van der Waals surface area contributed by atoms with E-state index < -0.39 is 0 Å². The number of amides is 1. The van der Waals surface area contributed by atoms with Crippen LogP contribution in [0.1, 0.15) is 0 Å². The van der Waals surface area contributed by atoms with Gasteiger partial charge in [0, 0.05) is 22.1 Å². The van der Waals surface area contributed by atoms with Gasteiger partial charge in [0.25, 0.3) is 5.91 Å². The maximum Gasteiger partial charge on any atom is 0.264 e. The first-order valence-corrected chi connectivity index (χ1v) is 9.28. The number of nitrogens with one attached hydrogen (secondary N) is 3. The molecule has 0 aliphatic heterocycles. The Morgan fingerprint density at radius 3 is 2.14 bits per heavy atom. The lowest BCUT2D eigenvalue weighted by Gasteiger charge is -2.11. The van der Waals surface area contributed by atoms with Gasteiger partial charge in [-0.15, -0.1) is 0 Å². The normalized spacial score (nSPS) is 10.0. The summed E-state index contributed by atoms with van der Waals surface area (Å²) in [5, 5.41) is 9.65. The molecule has 7 heteroatoms. The molecule has 5 nitrogen and oxygen atoms in total. The Kier molecular flexibility index (Phi) is 6.84. The summed E-state index contributed by atoms with van der Waals surface area (Å²) in [7, 11) is 0. The van der Waals surface area contributed by atoms with Crippen molar-refractivity contribution in [3.8, 4) is 5.75 Å². The Morgan fingerprint density at radius 2 is 1.46 bits per heavy atom. The first-order chi connectivity index (χ1) is 13.6. The zero-order valence-corrected chi connectivity index (χ0v) is 16.4. The number of anilines is 3. The Hall–Kier alpha value is -3.09. The van der Waals surface area contributed by atoms with Crippen molar-refractivity contribution < 1.29 is 9.53 Å². The second kappa shape index (κ2) is 9.73. The van der Waals surface area contributed by atoms with Gasteiger partial charge in [0.1, 0.15) is 5.75 Å². The van der Waals surface area contributed by atoms with Crippen LogP contribution in [-0.2, 0) is 4.79 Å². The van der Waals surface area contributed by atoms with Crippen LogP contribution >= 0.6 is 23.8 Å². The molecule has 3 rings (SSSR count). The van der Waals surface area contributed by atoms with Gasteiger partial charge >= 0.3 is 0 Å². The molecule has 3 aromatic rings. The topological polar surface area (TPSA) is 62.4 Å². The third-order valence-corrected chi connectivity index (χ3v) is 4.10. The molecule has 0 aliphatic rings. The van der Waals surface area contributed by atoms with E-state index in [1.54, 1.807) is 24.3 Å². The third kappa shape index (κ3) is 6.26. The summed E-state index contributed by atoms with van der Waals surface area (Å²) in [5.41, 5.74) is 2.72. The number of halogens is 1. The van der Waals surface area contributed by atoms with Crippen molar-refractivity contribution in [2.45, 2.75) is 0 Å². The molecule has 28 heavy (non-hydrogen) atoms. The molecule has 0 fully saturated rings. The lowest BCUT2D eigenvalue weighted by Crippen LogP contribution is -2.37. The van der Waals surface area contributed by atoms with Crippen LogP contribution in [-0.4, -0.2) is 17.6 Å². The predicted molar refractivity (Wildman–Crippen MR) is 117 cm³/mol. The molecular weight excluding hydrogens is 394 g/mol. The standard InChI is InChI=1S/C21H18ClN3O2S/c22-15-6-12-19(13-7-15)27-14-20(26)25-21(28)24-18-10-8-17(9-11-18)23-16-4-2-1-3-5-16/h1-13,23H,14H2,(H2,24,25,26,28). The summed E-state index contributed by atoms with van der Waals surface area (Å²) in [4.78, 5) is 11.9. The van der Waals surface area contributed by atoms with E-state index in [9.17, 15) is 4.79 Å². The summed E-state index contributed by atoms with van der Waals surface area (Å²) in [6, 6.07) is 24.2. The van der Waals surface area contributed by atoms with E-state index in [0.29, 0.717) is 10.8 Å². The summed E-state index contributed by atoms with van der Waals surface area (Å²) in [6.45, 7) is -0.149. The van der Waals surface area contributed by atoms with Crippen molar-refractivity contribution in [2.24, 2.45) is 0 Å². The average Bonchev–Trinajstić information content (AvgIpc) is 2.70. The molecule has 3 N–H and O–H groups in total. The minimum absolute atomic E-state index is 0.149. The highest BCUT2D eigenvalue weighted by Crippen LogP contribution is 2.18. The molecule has 0 bridgehead atoms. The van der Waals surface area contributed by atoms with Gasteiger partial charge in [-0.3, -0.25) is 10.1 Å². The lowest BCUT2D eigenvalue weighted by atomic mass is 10.2. The minimum atomic E-state index is -0.352. The quantitative estimate of drug-likeness (QED) is 0.499. The van der Waals surface area contributed by atoms with Crippen LogP contribution in [0.15, 0.2) is 78.9 Å². The highest BCUT2D eigenvalue weighted by Gasteiger charge is 2.06. The molecule has 3 aromatic carbocycles. The Labute approximate surface area is 173 Å². The van der Waals surface area contributed by atoms with Crippen LogP contribution in [0.25, 0.3) is 0 Å². The van der Waals surface area contributed by atoms with Crippen molar-refractivity contribution >= 4 is 51.9 Å². The van der Waals surface area contributed by atoms with Crippen molar-refractivity contribution in [2.75, 3.05) is 17.2 Å². The summed E-state index contributed by atoms with van der Waals surface area (Å²) in [6.07, 6.45) is 0. The zero-order chi connectivity index (χ0) is 19.8. The van der Waals surface area contributed by atoms with Crippen LogP contribution in [0.3, 0.4) is 0 Å². The number of rotatable bonds is 6. The maximum atomic E-state index is 11.9. The predicted octanol–water partition coefficient (Wildman–Crippen LogP) is 4.98. The van der Waals surface area contributed by atoms with E-state index in [2.05, 4.69) is 16.0 Å². The number of benzene rings is 3. The molecule has 0 spiro atoms. The number of hydrogen-bond donors (Lipinski definition) is 3. The second-order valence-corrected chi connectivity index (χ2v) is 6.66. The number of ether oxygens (including phenoxy) is 1. The van der Waals surface area contributed by atoms with E-state index in [1.807, 2.05) is 54.6 Å². The monoisotopic (exact) mass is 411 g/mol. The van der Waals surface area contributed by atoms with E-state index >= 15 is 0 Å². The zero-order valence-electron chi connectivity index (χ0n) is 14.8. The minimum Gasteiger partial charge on any atom is -0.484 e. The maximum absolute atomic E-state index is 11.9. The molecule has 0 unspecified atom stereocenters. The fourth-order valence-electron chi connectivity index (χ4n) is 2.33. The summed E-state index contributed by atoms with van der Waals surface area (Å²) < 4.78 is 5.38. The van der Waals surface area contributed by atoms with Crippen molar-refractivity contribution in [3.63, 3.8) is 0 Å². The van der Waals surface area contributed by atoms with Crippen LogP contribution in [0.5, 0.6) is 5.75 Å². The van der Waals surface area contributed by atoms with Gasteiger partial charge in [0.2, 0.25) is 0 Å². The molecule has 0 saturated heterocycles. The number of para-hydroxylation sites is 1. The lowest BCUT2D eigenvalue weighted by molar-refractivity contribution is -0.121. The highest BCUT2D eigenvalue weighted by molar-refractivity contribution is 7.80. The Bertz CT molecular complexity index is 932. The van der Waals surface area contributed by atoms with E-state index in [-0.39, 0.29) is 17.6 Å². The molecular formula is C21H18ClN3O2S. The van der Waals surface area contributed by atoms with Gasteiger partial charge in [-0.25, -0.2) is 0 Å². The van der Waals surface area contributed by atoms with Gasteiger partial charge in [-0.1, -0.05) is 29.8 Å². The fourth-order valence-corrected chi connectivity index (χ4v) is 2.69. The van der Waals surface area contributed by atoms with Crippen molar-refractivity contribution in [1.82, 2.24) is 5.32 Å². The van der Waals surface area contributed by atoms with Gasteiger partial charge < -0.3 is 15.4 Å². The molecule has 1 amide bonds. The first-order valence-electron chi connectivity index (χ1n) is 8.50. The van der Waals surface area contributed by atoms with Crippen molar-refractivity contribution in [1.29, 1.82) is 0 Å². The third-order valence-electron chi connectivity index (χ3n) is 3.64. The molecule has 0 aromatic heterocycles. The molecule has 0 saturated carbocycles. The summed E-state index contributed by atoms with van der Waals surface area (Å²) >= 11 is 11.0. The SMILES string of the molecule is O=C(COc1ccc(Cl)cc1)NC(=S)Nc1ccc(Nc2ccccc2)cc1. The largest absolute Gasteiger partial charge is 0.484 e. The van der Waals surface area contributed by atoms with Crippen LogP contribution in [0, 0.1) is 0 Å². The van der Waals surface area contributed by atoms with Crippen molar-refractivity contribution in [3.05, 3.63) is 83.9 Å². The van der Waals surface area contributed by atoms with Gasteiger partial charge in [0.15, 0.2) is 11.7 Å². The molecule has 0 atom stereocenters. The average molecular weight is 412 g/mol. The highest BCUT2D eigenvalue weighted by atomic mass is 35.5.